The van der Waals surface area contributed by atoms with E-state index in [0.29, 0.717) is 23.9 Å². The van der Waals surface area contributed by atoms with Crippen LogP contribution in [0.3, 0.4) is 0 Å². The van der Waals surface area contributed by atoms with Gasteiger partial charge in [-0.05, 0) is 50.5 Å². The number of rotatable bonds is 7. The van der Waals surface area contributed by atoms with E-state index in [-0.39, 0.29) is 18.5 Å². The number of carbonyl (C=O) groups is 1. The number of carbonyl (C=O) groups excluding carboxylic acids is 1. The molecule has 3 rings (SSSR count). The predicted molar refractivity (Wildman–Crippen MR) is 101 cm³/mol. The zero-order valence-corrected chi connectivity index (χ0v) is 15.8. The zero-order chi connectivity index (χ0) is 19.1. The molecular formula is C19H25N5O3. The number of aromatic nitrogens is 3. The number of anilines is 1. The standard InChI is InChI=1S/C19H25N5O3/c1-3-27-15-9-7-14(8-10-15)17(25)20-13-16-21-18(23-19(22-16)26-2)24-11-5-4-6-12-24/h7-10H,3-6,11-13H2,1-2H3,(H,20,25). The number of piperidine rings is 1. The summed E-state index contributed by atoms with van der Waals surface area (Å²) in [5, 5.41) is 2.84. The van der Waals surface area contributed by atoms with Crippen LogP contribution in [0, 0.1) is 0 Å². The molecule has 1 N–H and O–H groups in total. The molecule has 1 aliphatic heterocycles. The molecule has 0 saturated carbocycles. The number of nitrogens with one attached hydrogen (secondary N) is 1. The predicted octanol–water partition coefficient (Wildman–Crippen LogP) is 2.20. The molecule has 8 nitrogen and oxygen atoms in total. The van der Waals surface area contributed by atoms with E-state index >= 15 is 0 Å². The average molecular weight is 371 g/mol. The van der Waals surface area contributed by atoms with Crippen molar-refractivity contribution in [3.63, 3.8) is 0 Å². The number of amides is 1. The fraction of sp³-hybridized carbons (Fsp3) is 0.474. The van der Waals surface area contributed by atoms with Crippen molar-refractivity contribution in [2.24, 2.45) is 0 Å². The van der Waals surface area contributed by atoms with Crippen LogP contribution < -0.4 is 19.7 Å². The van der Waals surface area contributed by atoms with Crippen LogP contribution in [0.15, 0.2) is 24.3 Å². The first-order valence-corrected chi connectivity index (χ1v) is 9.24. The third-order valence-electron chi connectivity index (χ3n) is 4.31. The molecule has 27 heavy (non-hydrogen) atoms. The number of methoxy groups -OCH3 is 1. The van der Waals surface area contributed by atoms with Crippen LogP contribution in [0.25, 0.3) is 0 Å². The smallest absolute Gasteiger partial charge is 0.321 e. The van der Waals surface area contributed by atoms with Crippen LogP contribution in [0.2, 0.25) is 0 Å². The van der Waals surface area contributed by atoms with E-state index < -0.39 is 0 Å². The molecule has 0 bridgehead atoms. The van der Waals surface area contributed by atoms with Crippen LogP contribution in [0.1, 0.15) is 42.4 Å². The monoisotopic (exact) mass is 371 g/mol. The molecule has 0 atom stereocenters. The maximum Gasteiger partial charge on any atom is 0.321 e. The van der Waals surface area contributed by atoms with Crippen LogP contribution in [0.4, 0.5) is 5.95 Å². The van der Waals surface area contributed by atoms with Gasteiger partial charge in [-0.2, -0.15) is 15.0 Å². The van der Waals surface area contributed by atoms with Crippen LogP contribution in [0.5, 0.6) is 11.8 Å². The van der Waals surface area contributed by atoms with E-state index in [9.17, 15) is 4.79 Å². The topological polar surface area (TPSA) is 89.5 Å². The molecule has 1 aromatic heterocycles. The summed E-state index contributed by atoms with van der Waals surface area (Å²) >= 11 is 0. The summed E-state index contributed by atoms with van der Waals surface area (Å²) in [5.41, 5.74) is 0.552. The quantitative estimate of drug-likeness (QED) is 0.798. The Bertz CT molecular complexity index is 760. The molecule has 8 heteroatoms. The summed E-state index contributed by atoms with van der Waals surface area (Å²) in [5.74, 6) is 1.62. The van der Waals surface area contributed by atoms with Crippen LogP contribution >= 0.6 is 0 Å². The van der Waals surface area contributed by atoms with Gasteiger partial charge in [0.15, 0.2) is 5.82 Å². The highest BCUT2D eigenvalue weighted by molar-refractivity contribution is 5.94. The lowest BCUT2D eigenvalue weighted by Gasteiger charge is -2.26. The maximum absolute atomic E-state index is 12.4. The van der Waals surface area contributed by atoms with Gasteiger partial charge in [0, 0.05) is 18.7 Å². The first-order valence-electron chi connectivity index (χ1n) is 9.24. The summed E-state index contributed by atoms with van der Waals surface area (Å²) < 4.78 is 10.6. The Kier molecular flexibility index (Phi) is 6.40. The van der Waals surface area contributed by atoms with E-state index in [1.807, 2.05) is 6.92 Å². The lowest BCUT2D eigenvalue weighted by molar-refractivity contribution is 0.0949. The van der Waals surface area contributed by atoms with E-state index in [4.69, 9.17) is 9.47 Å². The largest absolute Gasteiger partial charge is 0.494 e. The van der Waals surface area contributed by atoms with Gasteiger partial charge in [-0.25, -0.2) is 0 Å². The number of ether oxygens (including phenoxy) is 2. The first-order chi connectivity index (χ1) is 13.2. The molecule has 0 unspecified atom stereocenters. The molecule has 2 heterocycles. The highest BCUT2D eigenvalue weighted by Crippen LogP contribution is 2.18. The van der Waals surface area contributed by atoms with Crippen molar-refractivity contribution in [3.8, 4) is 11.8 Å². The molecule has 1 aliphatic rings. The van der Waals surface area contributed by atoms with Crippen molar-refractivity contribution >= 4 is 11.9 Å². The Morgan fingerprint density at radius 1 is 1.11 bits per heavy atom. The summed E-state index contributed by atoms with van der Waals surface area (Å²) in [6.07, 6.45) is 3.47. The van der Waals surface area contributed by atoms with Gasteiger partial charge in [0.2, 0.25) is 5.95 Å². The Balaban J connectivity index is 1.66. The highest BCUT2D eigenvalue weighted by atomic mass is 16.5. The highest BCUT2D eigenvalue weighted by Gasteiger charge is 2.17. The minimum Gasteiger partial charge on any atom is -0.494 e. The molecular weight excluding hydrogens is 346 g/mol. The van der Waals surface area contributed by atoms with Gasteiger partial charge >= 0.3 is 6.01 Å². The van der Waals surface area contributed by atoms with E-state index in [2.05, 4.69) is 25.2 Å². The van der Waals surface area contributed by atoms with Crippen molar-refractivity contribution in [3.05, 3.63) is 35.7 Å². The molecule has 1 saturated heterocycles. The lowest BCUT2D eigenvalue weighted by Crippen LogP contribution is -2.32. The third kappa shape index (κ3) is 5.06. The van der Waals surface area contributed by atoms with E-state index in [1.165, 1.54) is 13.5 Å². The van der Waals surface area contributed by atoms with E-state index in [0.717, 1.165) is 31.7 Å². The van der Waals surface area contributed by atoms with Crippen molar-refractivity contribution in [2.45, 2.75) is 32.7 Å². The molecule has 0 spiro atoms. The molecule has 1 amide bonds. The zero-order valence-electron chi connectivity index (χ0n) is 15.8. The second-order valence-electron chi connectivity index (χ2n) is 6.23. The van der Waals surface area contributed by atoms with Crippen LogP contribution in [-0.2, 0) is 6.54 Å². The Morgan fingerprint density at radius 2 is 1.85 bits per heavy atom. The van der Waals surface area contributed by atoms with Gasteiger partial charge in [0.05, 0.1) is 20.3 Å². The van der Waals surface area contributed by atoms with Gasteiger partial charge in [0.1, 0.15) is 5.75 Å². The second kappa shape index (κ2) is 9.16. The summed E-state index contributed by atoms with van der Waals surface area (Å²) in [7, 11) is 1.53. The number of benzene rings is 1. The minimum atomic E-state index is -0.197. The van der Waals surface area contributed by atoms with Crippen molar-refractivity contribution < 1.29 is 14.3 Å². The summed E-state index contributed by atoms with van der Waals surface area (Å²) in [4.78, 5) is 27.6. The van der Waals surface area contributed by atoms with E-state index in [1.54, 1.807) is 24.3 Å². The molecule has 1 aromatic carbocycles. The molecule has 144 valence electrons. The Hall–Kier alpha value is -2.90. The third-order valence-corrected chi connectivity index (χ3v) is 4.31. The second-order valence-corrected chi connectivity index (χ2v) is 6.23. The summed E-state index contributed by atoms with van der Waals surface area (Å²) in [6.45, 7) is 4.55. The SMILES string of the molecule is CCOc1ccc(C(=O)NCc2nc(OC)nc(N3CCCCC3)n2)cc1. The van der Waals surface area contributed by atoms with Gasteiger partial charge in [-0.3, -0.25) is 4.79 Å². The van der Waals surface area contributed by atoms with Crippen molar-refractivity contribution in [1.82, 2.24) is 20.3 Å². The fourth-order valence-electron chi connectivity index (χ4n) is 2.92. The van der Waals surface area contributed by atoms with Crippen LogP contribution in [-0.4, -0.2) is 47.7 Å². The molecule has 2 aromatic rings. The van der Waals surface area contributed by atoms with Crippen molar-refractivity contribution in [1.29, 1.82) is 0 Å². The normalized spacial score (nSPS) is 13.9. The van der Waals surface area contributed by atoms with Gasteiger partial charge < -0.3 is 19.7 Å². The number of nitrogens with zero attached hydrogens (tertiary/aromatic N) is 4. The lowest BCUT2D eigenvalue weighted by atomic mass is 10.1. The average Bonchev–Trinajstić information content (AvgIpc) is 2.73. The molecule has 0 aliphatic carbocycles. The van der Waals surface area contributed by atoms with Crippen molar-refractivity contribution in [2.75, 3.05) is 31.7 Å². The first kappa shape index (κ1) is 18.9. The van der Waals surface area contributed by atoms with Gasteiger partial charge in [-0.1, -0.05) is 0 Å². The summed E-state index contributed by atoms with van der Waals surface area (Å²) in [6, 6.07) is 7.27. The van der Waals surface area contributed by atoms with Gasteiger partial charge in [0.25, 0.3) is 5.91 Å². The van der Waals surface area contributed by atoms with Gasteiger partial charge in [-0.15, -0.1) is 0 Å². The molecule has 1 fully saturated rings. The maximum atomic E-state index is 12.4. The number of hydrogen-bond donors (Lipinski definition) is 1. The Morgan fingerprint density at radius 3 is 2.52 bits per heavy atom. The fourth-order valence-corrected chi connectivity index (χ4v) is 2.92. The Labute approximate surface area is 158 Å². The number of hydrogen-bond acceptors (Lipinski definition) is 7. The minimum absolute atomic E-state index is 0.197. The molecule has 0 radical (unpaired) electrons.